The highest BCUT2D eigenvalue weighted by atomic mass is 32.2. The molecule has 0 radical (unpaired) electrons. The summed E-state index contributed by atoms with van der Waals surface area (Å²) in [6, 6.07) is 14.3. The number of rotatable bonds is 3. The van der Waals surface area contributed by atoms with E-state index in [0.29, 0.717) is 12.1 Å². The Morgan fingerprint density at radius 1 is 0.964 bits per heavy atom. The van der Waals surface area contributed by atoms with Crippen LogP contribution in [0.15, 0.2) is 53.4 Å². The van der Waals surface area contributed by atoms with E-state index in [1.807, 2.05) is 29.2 Å². The van der Waals surface area contributed by atoms with E-state index in [0.717, 1.165) is 49.9 Å². The number of sulfonamides is 1. The van der Waals surface area contributed by atoms with Crippen LogP contribution in [0.5, 0.6) is 0 Å². The molecule has 0 aromatic heterocycles. The molecule has 1 atom stereocenters. The first kappa shape index (κ1) is 19.0. The fraction of sp³-hybridized carbons (Fsp3) is 0.409. The van der Waals surface area contributed by atoms with Crippen LogP contribution in [-0.4, -0.2) is 38.4 Å². The molecule has 0 aliphatic carbocycles. The quantitative estimate of drug-likeness (QED) is 0.789. The van der Waals surface area contributed by atoms with E-state index in [1.54, 1.807) is 24.3 Å². The summed E-state index contributed by atoms with van der Waals surface area (Å²) >= 11 is 0. The van der Waals surface area contributed by atoms with E-state index in [9.17, 15) is 13.2 Å². The van der Waals surface area contributed by atoms with Gasteiger partial charge in [-0.25, -0.2) is 8.42 Å². The number of hydrogen-bond acceptors (Lipinski definition) is 3. The summed E-state index contributed by atoms with van der Waals surface area (Å²) in [6.45, 7) is 3.32. The number of carbonyl (C=O) groups is 1. The molecular weight excluding hydrogens is 372 g/mol. The Morgan fingerprint density at radius 3 is 2.46 bits per heavy atom. The fourth-order valence-corrected chi connectivity index (χ4v) is 5.75. The summed E-state index contributed by atoms with van der Waals surface area (Å²) in [7, 11) is -3.65. The molecule has 148 valence electrons. The van der Waals surface area contributed by atoms with Gasteiger partial charge in [0, 0.05) is 24.7 Å². The molecule has 1 amide bonds. The number of aryl methyl sites for hydroxylation is 1. The van der Waals surface area contributed by atoms with Gasteiger partial charge in [0.1, 0.15) is 0 Å². The number of nitrogens with zero attached hydrogens (tertiary/aromatic N) is 2. The zero-order valence-electron chi connectivity index (χ0n) is 16.2. The Labute approximate surface area is 167 Å². The molecular formula is C22H26N2O3S. The van der Waals surface area contributed by atoms with Crippen molar-refractivity contribution in [2.45, 2.75) is 50.0 Å². The van der Waals surface area contributed by atoms with Crippen molar-refractivity contribution in [1.29, 1.82) is 0 Å². The second kappa shape index (κ2) is 7.59. The van der Waals surface area contributed by atoms with E-state index in [-0.39, 0.29) is 16.8 Å². The number of hydrogen-bond donors (Lipinski definition) is 0. The summed E-state index contributed by atoms with van der Waals surface area (Å²) in [4.78, 5) is 14.9. The van der Waals surface area contributed by atoms with Crippen molar-refractivity contribution in [3.63, 3.8) is 0 Å². The average molecular weight is 399 g/mol. The molecule has 2 aliphatic rings. The predicted molar refractivity (Wildman–Crippen MR) is 110 cm³/mol. The van der Waals surface area contributed by atoms with Gasteiger partial charge in [0.2, 0.25) is 0 Å². The maximum Gasteiger partial charge on any atom is 0.264 e. The summed E-state index contributed by atoms with van der Waals surface area (Å²) < 4.78 is 27.9. The SMILES string of the molecule is CC1CCCCN1C(=O)c1ccc(S(=O)(=O)N2CCCc3ccccc32)cc1. The van der Waals surface area contributed by atoms with Crippen molar-refractivity contribution < 1.29 is 13.2 Å². The molecule has 5 nitrogen and oxygen atoms in total. The third-order valence-corrected chi connectivity index (χ3v) is 7.65. The molecule has 6 heteroatoms. The lowest BCUT2D eigenvalue weighted by Gasteiger charge is -2.33. The van der Waals surface area contributed by atoms with E-state index in [1.165, 1.54) is 4.31 Å². The van der Waals surface area contributed by atoms with E-state index in [4.69, 9.17) is 0 Å². The molecule has 1 saturated heterocycles. The molecule has 0 bridgehead atoms. The zero-order valence-corrected chi connectivity index (χ0v) is 17.0. The molecule has 4 rings (SSSR count). The normalized spacial score (nSPS) is 20.0. The molecule has 2 aromatic carbocycles. The lowest BCUT2D eigenvalue weighted by molar-refractivity contribution is 0.0635. The Bertz CT molecular complexity index is 970. The van der Waals surface area contributed by atoms with Gasteiger partial charge in [0.05, 0.1) is 10.6 Å². The highest BCUT2D eigenvalue weighted by molar-refractivity contribution is 7.92. The number of para-hydroxylation sites is 1. The standard InChI is InChI=1S/C22H26N2O3S/c1-17-7-4-5-15-23(17)22(25)19-11-13-20(14-12-19)28(26,27)24-16-6-9-18-8-2-3-10-21(18)24/h2-3,8,10-14,17H,4-7,9,15-16H2,1H3. The van der Waals surface area contributed by atoms with Crippen LogP contribution in [0.2, 0.25) is 0 Å². The van der Waals surface area contributed by atoms with Gasteiger partial charge in [-0.15, -0.1) is 0 Å². The molecule has 0 N–H and O–H groups in total. The van der Waals surface area contributed by atoms with Gasteiger partial charge in [-0.1, -0.05) is 18.2 Å². The number of likely N-dealkylation sites (tertiary alicyclic amines) is 1. The van der Waals surface area contributed by atoms with Crippen LogP contribution >= 0.6 is 0 Å². The first-order chi connectivity index (χ1) is 13.5. The van der Waals surface area contributed by atoms with Gasteiger partial charge < -0.3 is 4.90 Å². The van der Waals surface area contributed by atoms with Crippen molar-refractivity contribution in [1.82, 2.24) is 4.90 Å². The second-order valence-electron chi connectivity index (χ2n) is 7.68. The Morgan fingerprint density at radius 2 is 1.71 bits per heavy atom. The van der Waals surface area contributed by atoms with Crippen LogP contribution in [0.1, 0.15) is 48.5 Å². The van der Waals surface area contributed by atoms with Gasteiger partial charge in [-0.2, -0.15) is 0 Å². The van der Waals surface area contributed by atoms with Crippen molar-refractivity contribution >= 4 is 21.6 Å². The topological polar surface area (TPSA) is 57.7 Å². The van der Waals surface area contributed by atoms with Crippen molar-refractivity contribution in [3.05, 3.63) is 59.7 Å². The lowest BCUT2D eigenvalue weighted by atomic mass is 10.0. The van der Waals surface area contributed by atoms with Gasteiger partial charge in [-0.3, -0.25) is 9.10 Å². The molecule has 2 heterocycles. The Hall–Kier alpha value is -2.34. The lowest BCUT2D eigenvalue weighted by Crippen LogP contribution is -2.42. The third kappa shape index (κ3) is 3.41. The zero-order chi connectivity index (χ0) is 19.7. The van der Waals surface area contributed by atoms with E-state index < -0.39 is 10.0 Å². The van der Waals surface area contributed by atoms with Crippen molar-refractivity contribution in [3.8, 4) is 0 Å². The van der Waals surface area contributed by atoms with E-state index >= 15 is 0 Å². The van der Waals surface area contributed by atoms with Crippen LogP contribution in [0.25, 0.3) is 0 Å². The van der Waals surface area contributed by atoms with Crippen molar-refractivity contribution in [2.24, 2.45) is 0 Å². The number of carbonyl (C=O) groups excluding carboxylic acids is 1. The molecule has 0 saturated carbocycles. The monoisotopic (exact) mass is 398 g/mol. The van der Waals surface area contributed by atoms with Gasteiger partial charge in [-0.05, 0) is 74.9 Å². The highest BCUT2D eigenvalue weighted by Crippen LogP contribution is 2.32. The maximum absolute atomic E-state index is 13.2. The Kier molecular flexibility index (Phi) is 5.15. The minimum absolute atomic E-state index is 0.0144. The largest absolute Gasteiger partial charge is 0.336 e. The van der Waals surface area contributed by atoms with Gasteiger partial charge in [0.25, 0.3) is 15.9 Å². The Balaban J connectivity index is 1.59. The molecule has 0 spiro atoms. The third-order valence-electron chi connectivity index (χ3n) is 5.82. The van der Waals surface area contributed by atoms with Crippen LogP contribution in [0, 0.1) is 0 Å². The molecule has 2 aliphatic heterocycles. The summed E-state index contributed by atoms with van der Waals surface area (Å²) in [5.74, 6) is -0.0144. The number of piperidine rings is 1. The van der Waals surface area contributed by atoms with Crippen LogP contribution < -0.4 is 4.31 Å². The minimum Gasteiger partial charge on any atom is -0.336 e. The number of fused-ring (bicyclic) bond motifs is 1. The number of anilines is 1. The van der Waals surface area contributed by atoms with E-state index in [2.05, 4.69) is 6.92 Å². The summed E-state index contributed by atoms with van der Waals surface area (Å²) in [5, 5.41) is 0. The molecule has 1 fully saturated rings. The van der Waals surface area contributed by atoms with Crippen LogP contribution in [0.4, 0.5) is 5.69 Å². The maximum atomic E-state index is 13.2. The number of amides is 1. The van der Waals surface area contributed by atoms with Gasteiger partial charge in [0.15, 0.2) is 0 Å². The minimum atomic E-state index is -3.65. The fourth-order valence-electron chi connectivity index (χ4n) is 4.21. The summed E-state index contributed by atoms with van der Waals surface area (Å²) in [6.07, 6.45) is 4.90. The van der Waals surface area contributed by atoms with Crippen LogP contribution in [0.3, 0.4) is 0 Å². The predicted octanol–water partition coefficient (Wildman–Crippen LogP) is 3.84. The van der Waals surface area contributed by atoms with Crippen molar-refractivity contribution in [2.75, 3.05) is 17.4 Å². The van der Waals surface area contributed by atoms with Crippen LogP contribution in [-0.2, 0) is 16.4 Å². The smallest absolute Gasteiger partial charge is 0.264 e. The average Bonchev–Trinajstić information content (AvgIpc) is 2.73. The first-order valence-electron chi connectivity index (χ1n) is 10.00. The van der Waals surface area contributed by atoms with Gasteiger partial charge >= 0.3 is 0 Å². The molecule has 28 heavy (non-hydrogen) atoms. The molecule has 2 aromatic rings. The number of benzene rings is 2. The molecule has 1 unspecified atom stereocenters. The second-order valence-corrected chi connectivity index (χ2v) is 9.54. The summed E-state index contributed by atoms with van der Waals surface area (Å²) in [5.41, 5.74) is 2.37. The highest BCUT2D eigenvalue weighted by Gasteiger charge is 2.29. The first-order valence-corrected chi connectivity index (χ1v) is 11.4.